The zero-order chi connectivity index (χ0) is 14.0. The number of thiazole rings is 1. The van der Waals surface area contributed by atoms with Gasteiger partial charge in [0, 0.05) is 11.6 Å². The van der Waals surface area contributed by atoms with Gasteiger partial charge in [0.25, 0.3) is 0 Å². The third-order valence-electron chi connectivity index (χ3n) is 2.62. The van der Waals surface area contributed by atoms with Crippen molar-refractivity contribution in [1.82, 2.24) is 4.98 Å². The summed E-state index contributed by atoms with van der Waals surface area (Å²) in [6, 6.07) is 4.20. The predicted molar refractivity (Wildman–Crippen MR) is 69.8 cm³/mol. The first-order chi connectivity index (χ1) is 8.95. The topological polar surface area (TPSA) is 48.7 Å². The van der Waals surface area contributed by atoms with E-state index in [2.05, 4.69) is 10.3 Å². The molecule has 0 saturated heterocycles. The summed E-state index contributed by atoms with van der Waals surface area (Å²) in [5.74, 6) is -2.19. The molecule has 0 aliphatic heterocycles. The Morgan fingerprint density at radius 1 is 1.32 bits per heavy atom. The molecule has 1 N–H and O–H groups in total. The van der Waals surface area contributed by atoms with Crippen LogP contribution in [0.4, 0.5) is 14.5 Å². The number of benzene rings is 1. The van der Waals surface area contributed by atoms with Gasteiger partial charge in [0.05, 0.1) is 16.8 Å². The fraction of sp³-hybridized carbons (Fsp3) is 0.231. The van der Waals surface area contributed by atoms with Crippen LogP contribution in [0, 0.1) is 23.0 Å². The van der Waals surface area contributed by atoms with Gasteiger partial charge in [-0.25, -0.2) is 13.8 Å². The first-order valence-electron chi connectivity index (χ1n) is 5.52. The van der Waals surface area contributed by atoms with Gasteiger partial charge < -0.3 is 5.32 Å². The Hall–Kier alpha value is -2.00. The molecule has 0 saturated carbocycles. The van der Waals surface area contributed by atoms with Crippen LogP contribution in [0.1, 0.15) is 24.4 Å². The highest BCUT2D eigenvalue weighted by atomic mass is 32.1. The molecule has 6 heteroatoms. The van der Waals surface area contributed by atoms with Crippen molar-refractivity contribution in [3.8, 4) is 6.07 Å². The Bertz CT molecular complexity index is 630. The molecule has 1 aromatic heterocycles. The van der Waals surface area contributed by atoms with Crippen molar-refractivity contribution in [3.05, 3.63) is 45.9 Å². The van der Waals surface area contributed by atoms with Crippen LogP contribution >= 0.6 is 11.3 Å². The Labute approximate surface area is 113 Å². The molecule has 0 radical (unpaired) electrons. The summed E-state index contributed by atoms with van der Waals surface area (Å²) >= 11 is 1.42. The predicted octanol–water partition coefficient (Wildman–Crippen LogP) is 3.64. The molecule has 98 valence electrons. The number of anilines is 1. The van der Waals surface area contributed by atoms with Crippen molar-refractivity contribution in [2.75, 3.05) is 5.32 Å². The van der Waals surface area contributed by atoms with E-state index in [9.17, 15) is 8.78 Å². The van der Waals surface area contributed by atoms with E-state index in [1.54, 1.807) is 12.3 Å². The molecular formula is C13H11F2N3S. The minimum absolute atomic E-state index is 0.0108. The molecule has 19 heavy (non-hydrogen) atoms. The number of halogens is 2. The van der Waals surface area contributed by atoms with Crippen molar-refractivity contribution in [3.63, 3.8) is 0 Å². The normalized spacial score (nSPS) is 11.1. The summed E-state index contributed by atoms with van der Waals surface area (Å²) in [5.41, 5.74) is -0.929. The molecule has 0 unspecified atom stereocenters. The van der Waals surface area contributed by atoms with Crippen LogP contribution in [0.3, 0.4) is 0 Å². The lowest BCUT2D eigenvalue weighted by Crippen LogP contribution is -2.28. The second-order valence-electron chi connectivity index (χ2n) is 4.49. The molecule has 0 atom stereocenters. The van der Waals surface area contributed by atoms with Crippen molar-refractivity contribution in [1.29, 1.82) is 5.26 Å². The van der Waals surface area contributed by atoms with Gasteiger partial charge in [-0.05, 0) is 26.0 Å². The first kappa shape index (κ1) is 13.4. The number of hydrogen-bond donors (Lipinski definition) is 1. The van der Waals surface area contributed by atoms with Gasteiger partial charge in [0.1, 0.15) is 11.1 Å². The molecular weight excluding hydrogens is 268 g/mol. The van der Waals surface area contributed by atoms with Crippen molar-refractivity contribution >= 4 is 17.0 Å². The monoisotopic (exact) mass is 279 g/mol. The van der Waals surface area contributed by atoms with E-state index >= 15 is 0 Å². The molecule has 0 amide bonds. The smallest absolute Gasteiger partial charge is 0.183 e. The van der Waals surface area contributed by atoms with E-state index in [0.717, 1.165) is 5.01 Å². The van der Waals surface area contributed by atoms with Crippen LogP contribution in [0.25, 0.3) is 0 Å². The molecule has 0 fully saturated rings. The Kier molecular flexibility index (Phi) is 3.49. The van der Waals surface area contributed by atoms with Gasteiger partial charge in [-0.3, -0.25) is 0 Å². The summed E-state index contributed by atoms with van der Waals surface area (Å²) in [5, 5.41) is 14.1. The highest BCUT2D eigenvalue weighted by Gasteiger charge is 2.25. The van der Waals surface area contributed by atoms with Gasteiger partial charge in [-0.1, -0.05) is 0 Å². The minimum atomic E-state index is -1.14. The van der Waals surface area contributed by atoms with Crippen LogP contribution in [-0.4, -0.2) is 4.98 Å². The number of nitriles is 1. The van der Waals surface area contributed by atoms with Gasteiger partial charge >= 0.3 is 0 Å². The SMILES string of the molecule is CC(C)(Nc1ccc(C#N)c(F)c1F)c1nccs1. The molecule has 0 spiro atoms. The Balaban J connectivity index is 2.35. The molecule has 1 aromatic carbocycles. The lowest BCUT2D eigenvalue weighted by molar-refractivity contribution is 0.502. The van der Waals surface area contributed by atoms with Crippen LogP contribution in [0.2, 0.25) is 0 Å². The zero-order valence-electron chi connectivity index (χ0n) is 10.4. The summed E-state index contributed by atoms with van der Waals surface area (Å²) < 4.78 is 27.3. The Morgan fingerprint density at radius 2 is 2.05 bits per heavy atom. The number of rotatable bonds is 3. The third kappa shape index (κ3) is 2.56. The fourth-order valence-electron chi connectivity index (χ4n) is 1.65. The van der Waals surface area contributed by atoms with E-state index in [1.807, 2.05) is 19.2 Å². The molecule has 2 rings (SSSR count). The zero-order valence-corrected chi connectivity index (χ0v) is 11.2. The van der Waals surface area contributed by atoms with E-state index in [1.165, 1.54) is 23.5 Å². The number of nitrogens with zero attached hydrogens (tertiary/aromatic N) is 2. The number of nitrogens with one attached hydrogen (secondary N) is 1. The minimum Gasteiger partial charge on any atom is -0.371 e. The van der Waals surface area contributed by atoms with Crippen LogP contribution < -0.4 is 5.32 Å². The average Bonchev–Trinajstić information content (AvgIpc) is 2.90. The maximum atomic E-state index is 13.8. The molecule has 0 aliphatic rings. The van der Waals surface area contributed by atoms with Gasteiger partial charge in [-0.15, -0.1) is 11.3 Å². The first-order valence-corrected chi connectivity index (χ1v) is 6.40. The summed E-state index contributed by atoms with van der Waals surface area (Å²) in [6.07, 6.45) is 1.65. The van der Waals surface area contributed by atoms with Crippen molar-refractivity contribution in [2.24, 2.45) is 0 Å². The molecule has 1 heterocycles. The second kappa shape index (κ2) is 4.94. The summed E-state index contributed by atoms with van der Waals surface area (Å²) in [4.78, 5) is 4.16. The molecule has 0 aliphatic carbocycles. The van der Waals surface area contributed by atoms with Crippen LogP contribution in [0.5, 0.6) is 0 Å². The van der Waals surface area contributed by atoms with E-state index < -0.39 is 17.2 Å². The van der Waals surface area contributed by atoms with Crippen LogP contribution in [-0.2, 0) is 5.54 Å². The molecule has 3 nitrogen and oxygen atoms in total. The fourth-order valence-corrected chi connectivity index (χ4v) is 2.37. The highest BCUT2D eigenvalue weighted by Crippen LogP contribution is 2.29. The van der Waals surface area contributed by atoms with Gasteiger partial charge in [0.2, 0.25) is 0 Å². The van der Waals surface area contributed by atoms with E-state index in [0.29, 0.717) is 0 Å². The summed E-state index contributed by atoms with van der Waals surface area (Å²) in [7, 11) is 0. The van der Waals surface area contributed by atoms with Crippen molar-refractivity contribution < 1.29 is 8.78 Å². The standard InChI is InChI=1S/C13H11F2N3S/c1-13(2,12-17-5-6-19-12)18-9-4-3-8(7-16)10(14)11(9)15/h3-6,18H,1-2H3. The van der Waals surface area contributed by atoms with Crippen molar-refractivity contribution in [2.45, 2.75) is 19.4 Å². The highest BCUT2D eigenvalue weighted by molar-refractivity contribution is 7.09. The van der Waals surface area contributed by atoms with E-state index in [-0.39, 0.29) is 11.3 Å². The lowest BCUT2D eigenvalue weighted by Gasteiger charge is -2.25. The largest absolute Gasteiger partial charge is 0.371 e. The summed E-state index contributed by atoms with van der Waals surface area (Å²) in [6.45, 7) is 3.64. The maximum absolute atomic E-state index is 13.8. The molecule has 2 aromatic rings. The lowest BCUT2D eigenvalue weighted by atomic mass is 10.1. The number of aromatic nitrogens is 1. The second-order valence-corrected chi connectivity index (χ2v) is 5.38. The quantitative estimate of drug-likeness (QED) is 0.933. The van der Waals surface area contributed by atoms with Gasteiger partial charge in [0.15, 0.2) is 11.6 Å². The Morgan fingerprint density at radius 3 is 2.63 bits per heavy atom. The number of hydrogen-bond acceptors (Lipinski definition) is 4. The van der Waals surface area contributed by atoms with E-state index in [4.69, 9.17) is 5.26 Å². The maximum Gasteiger partial charge on any atom is 0.183 e. The molecule has 0 bridgehead atoms. The average molecular weight is 279 g/mol. The van der Waals surface area contributed by atoms with Gasteiger partial charge in [-0.2, -0.15) is 5.26 Å². The third-order valence-corrected chi connectivity index (χ3v) is 3.71. The van der Waals surface area contributed by atoms with Crippen LogP contribution in [0.15, 0.2) is 23.7 Å².